The van der Waals surface area contributed by atoms with Gasteiger partial charge in [0.05, 0.1) is 12.5 Å². The molecule has 0 aliphatic carbocycles. The number of hydrogen-bond donors (Lipinski definition) is 1. The van der Waals surface area contributed by atoms with Gasteiger partial charge in [0, 0.05) is 0 Å². The highest BCUT2D eigenvalue weighted by Gasteiger charge is 2.13. The molecule has 0 saturated heterocycles. The zero-order chi connectivity index (χ0) is 8.85. The zero-order valence-corrected chi connectivity index (χ0v) is 6.61. The van der Waals surface area contributed by atoms with Crippen LogP contribution in [0.1, 0.15) is 20.3 Å². The standard InChI is InChI=1S/C7H12O4/c1-5(2)11-6(4-8)3-7(9)10/h4-6H,3H2,1-2H3,(H,9,10). The molecule has 0 spiro atoms. The van der Waals surface area contributed by atoms with Crippen molar-refractivity contribution in [3.63, 3.8) is 0 Å². The molecule has 1 unspecified atom stereocenters. The van der Waals surface area contributed by atoms with Crippen molar-refractivity contribution in [2.75, 3.05) is 0 Å². The number of carboxylic acid groups (broad SMARTS) is 1. The fourth-order valence-corrected chi connectivity index (χ4v) is 0.650. The van der Waals surface area contributed by atoms with Gasteiger partial charge in [-0.3, -0.25) is 4.79 Å². The fraction of sp³-hybridized carbons (Fsp3) is 0.714. The maximum atomic E-state index is 10.2. The molecule has 11 heavy (non-hydrogen) atoms. The van der Waals surface area contributed by atoms with Crippen LogP contribution in [-0.2, 0) is 14.3 Å². The summed E-state index contributed by atoms with van der Waals surface area (Å²) in [5.74, 6) is -1.03. The number of carbonyl (C=O) groups is 2. The average Bonchev–Trinajstić information content (AvgIpc) is 1.84. The van der Waals surface area contributed by atoms with Gasteiger partial charge in [0.2, 0.25) is 0 Å². The summed E-state index contributed by atoms with van der Waals surface area (Å²) in [4.78, 5) is 20.3. The first kappa shape index (κ1) is 10.1. The fourth-order valence-electron chi connectivity index (χ4n) is 0.650. The molecule has 64 valence electrons. The summed E-state index contributed by atoms with van der Waals surface area (Å²) in [6, 6.07) is 0. The smallest absolute Gasteiger partial charge is 0.306 e. The van der Waals surface area contributed by atoms with E-state index in [1.165, 1.54) is 0 Å². The molecule has 0 aliphatic rings. The van der Waals surface area contributed by atoms with Crippen molar-refractivity contribution in [2.24, 2.45) is 0 Å². The number of ether oxygens (including phenoxy) is 1. The van der Waals surface area contributed by atoms with Gasteiger partial charge < -0.3 is 14.6 Å². The molecule has 1 N–H and O–H groups in total. The first-order chi connectivity index (χ1) is 5.06. The number of aldehydes is 1. The van der Waals surface area contributed by atoms with Crippen LogP contribution in [0.25, 0.3) is 0 Å². The van der Waals surface area contributed by atoms with Crippen molar-refractivity contribution in [1.29, 1.82) is 0 Å². The van der Waals surface area contributed by atoms with E-state index in [4.69, 9.17) is 9.84 Å². The minimum Gasteiger partial charge on any atom is -0.481 e. The average molecular weight is 160 g/mol. The topological polar surface area (TPSA) is 63.6 Å². The largest absolute Gasteiger partial charge is 0.481 e. The minimum atomic E-state index is -1.03. The zero-order valence-electron chi connectivity index (χ0n) is 6.61. The second-order valence-corrected chi connectivity index (χ2v) is 2.46. The van der Waals surface area contributed by atoms with E-state index in [-0.39, 0.29) is 12.5 Å². The molecule has 0 heterocycles. The van der Waals surface area contributed by atoms with E-state index in [1.54, 1.807) is 13.8 Å². The predicted octanol–water partition coefficient (Wildman–Crippen LogP) is 0.454. The van der Waals surface area contributed by atoms with Gasteiger partial charge in [0.1, 0.15) is 12.4 Å². The van der Waals surface area contributed by atoms with Gasteiger partial charge in [0.15, 0.2) is 0 Å². The van der Waals surface area contributed by atoms with E-state index in [1.807, 2.05) is 0 Å². The normalized spacial score (nSPS) is 13.0. The van der Waals surface area contributed by atoms with Crippen molar-refractivity contribution >= 4 is 12.3 Å². The van der Waals surface area contributed by atoms with Crippen LogP contribution in [0.15, 0.2) is 0 Å². The van der Waals surface area contributed by atoms with Crippen molar-refractivity contribution < 1.29 is 19.4 Å². The molecular formula is C7H12O4. The molecule has 0 bridgehead atoms. The van der Waals surface area contributed by atoms with Gasteiger partial charge in [-0.1, -0.05) is 0 Å². The number of aliphatic carboxylic acids is 1. The number of carbonyl (C=O) groups excluding carboxylic acids is 1. The van der Waals surface area contributed by atoms with Gasteiger partial charge in [0.25, 0.3) is 0 Å². The molecule has 0 fully saturated rings. The summed E-state index contributed by atoms with van der Waals surface area (Å²) in [5, 5.41) is 8.29. The summed E-state index contributed by atoms with van der Waals surface area (Å²) >= 11 is 0. The summed E-state index contributed by atoms with van der Waals surface area (Å²) in [6.45, 7) is 3.50. The lowest BCUT2D eigenvalue weighted by Crippen LogP contribution is -2.22. The Hall–Kier alpha value is -0.900. The Bertz CT molecular complexity index is 141. The van der Waals surface area contributed by atoms with Crippen LogP contribution in [0.5, 0.6) is 0 Å². The lowest BCUT2D eigenvalue weighted by atomic mass is 10.3. The van der Waals surface area contributed by atoms with Crippen molar-refractivity contribution in [3.05, 3.63) is 0 Å². The molecular weight excluding hydrogens is 148 g/mol. The third-order valence-electron chi connectivity index (χ3n) is 0.975. The van der Waals surface area contributed by atoms with E-state index in [9.17, 15) is 9.59 Å². The quantitative estimate of drug-likeness (QED) is 0.593. The number of rotatable bonds is 5. The first-order valence-electron chi connectivity index (χ1n) is 3.38. The van der Waals surface area contributed by atoms with Gasteiger partial charge in [-0.05, 0) is 13.8 Å². The first-order valence-corrected chi connectivity index (χ1v) is 3.38. The Morgan fingerprint density at radius 1 is 1.64 bits per heavy atom. The van der Waals surface area contributed by atoms with E-state index in [0.29, 0.717) is 6.29 Å². The third kappa shape index (κ3) is 5.54. The summed E-state index contributed by atoms with van der Waals surface area (Å²) in [5.41, 5.74) is 0. The lowest BCUT2D eigenvalue weighted by Gasteiger charge is -2.11. The highest BCUT2D eigenvalue weighted by molar-refractivity contribution is 5.73. The van der Waals surface area contributed by atoms with E-state index in [2.05, 4.69) is 0 Å². The van der Waals surface area contributed by atoms with Crippen LogP contribution in [-0.4, -0.2) is 29.6 Å². The second kappa shape index (κ2) is 4.85. The Kier molecular flexibility index (Phi) is 4.45. The number of hydrogen-bond acceptors (Lipinski definition) is 3. The lowest BCUT2D eigenvalue weighted by molar-refractivity contribution is -0.143. The molecule has 4 heteroatoms. The van der Waals surface area contributed by atoms with Gasteiger partial charge in [-0.25, -0.2) is 0 Å². The molecule has 0 aliphatic heterocycles. The molecule has 0 radical (unpaired) electrons. The molecule has 0 rings (SSSR count). The maximum absolute atomic E-state index is 10.2. The second-order valence-electron chi connectivity index (χ2n) is 2.46. The van der Waals surface area contributed by atoms with Crippen LogP contribution in [0.4, 0.5) is 0 Å². The molecule has 0 aromatic rings. The maximum Gasteiger partial charge on any atom is 0.306 e. The minimum absolute atomic E-state index is 0.121. The molecule has 0 amide bonds. The van der Waals surface area contributed by atoms with Gasteiger partial charge in [-0.15, -0.1) is 0 Å². The molecule has 0 saturated carbocycles. The molecule has 1 atom stereocenters. The Labute approximate surface area is 65.2 Å². The monoisotopic (exact) mass is 160 g/mol. The van der Waals surface area contributed by atoms with E-state index in [0.717, 1.165) is 0 Å². The Morgan fingerprint density at radius 2 is 2.18 bits per heavy atom. The summed E-state index contributed by atoms with van der Waals surface area (Å²) < 4.78 is 4.96. The Morgan fingerprint density at radius 3 is 2.45 bits per heavy atom. The third-order valence-corrected chi connectivity index (χ3v) is 0.975. The summed E-state index contributed by atoms with van der Waals surface area (Å²) in [7, 11) is 0. The van der Waals surface area contributed by atoms with Gasteiger partial charge >= 0.3 is 5.97 Å². The van der Waals surface area contributed by atoms with Crippen molar-refractivity contribution in [3.8, 4) is 0 Å². The van der Waals surface area contributed by atoms with E-state index >= 15 is 0 Å². The highest BCUT2D eigenvalue weighted by Crippen LogP contribution is 1.99. The van der Waals surface area contributed by atoms with Crippen LogP contribution >= 0.6 is 0 Å². The summed E-state index contributed by atoms with van der Waals surface area (Å²) in [6.07, 6.45) is -0.687. The molecule has 0 aromatic heterocycles. The van der Waals surface area contributed by atoms with Gasteiger partial charge in [-0.2, -0.15) is 0 Å². The van der Waals surface area contributed by atoms with Crippen molar-refractivity contribution in [1.82, 2.24) is 0 Å². The SMILES string of the molecule is CC(C)OC(C=O)CC(=O)O. The molecule has 4 nitrogen and oxygen atoms in total. The molecule has 0 aromatic carbocycles. The Balaban J connectivity index is 3.76. The predicted molar refractivity (Wildman–Crippen MR) is 38.3 cm³/mol. The number of carboxylic acids is 1. The van der Waals surface area contributed by atoms with Crippen LogP contribution < -0.4 is 0 Å². The van der Waals surface area contributed by atoms with Crippen LogP contribution in [0.2, 0.25) is 0 Å². The van der Waals surface area contributed by atoms with Crippen LogP contribution in [0, 0.1) is 0 Å². The highest BCUT2D eigenvalue weighted by atomic mass is 16.5. The van der Waals surface area contributed by atoms with Crippen LogP contribution in [0.3, 0.4) is 0 Å². The van der Waals surface area contributed by atoms with E-state index < -0.39 is 12.1 Å². The van der Waals surface area contributed by atoms with Crippen molar-refractivity contribution in [2.45, 2.75) is 32.5 Å².